The van der Waals surface area contributed by atoms with Gasteiger partial charge in [-0.15, -0.1) is 0 Å². The van der Waals surface area contributed by atoms with Crippen LogP contribution in [0.25, 0.3) is 0 Å². The van der Waals surface area contributed by atoms with Crippen LogP contribution in [-0.4, -0.2) is 56.9 Å². The summed E-state index contributed by atoms with van der Waals surface area (Å²) in [7, 11) is 6.28. The van der Waals surface area contributed by atoms with Crippen LogP contribution in [0.15, 0.2) is 12.1 Å². The monoisotopic (exact) mass is 296 g/mol. The quantitative estimate of drug-likeness (QED) is 0.823. The summed E-state index contributed by atoms with van der Waals surface area (Å²) in [4.78, 5) is 13.8. The molecule has 0 bridgehead atoms. The van der Waals surface area contributed by atoms with Gasteiger partial charge in [0, 0.05) is 12.7 Å². The third-order valence-electron chi connectivity index (χ3n) is 3.65. The number of benzene rings is 1. The molecule has 1 aromatic rings. The molecule has 1 amide bonds. The van der Waals surface area contributed by atoms with Crippen LogP contribution in [0.4, 0.5) is 0 Å². The van der Waals surface area contributed by atoms with E-state index in [-0.39, 0.29) is 24.0 Å². The number of methoxy groups -OCH3 is 3. The predicted molar refractivity (Wildman–Crippen MR) is 75.5 cm³/mol. The summed E-state index contributed by atoms with van der Waals surface area (Å²) >= 11 is 0. The Kier molecular flexibility index (Phi) is 4.54. The predicted octanol–water partition coefficient (Wildman–Crippen LogP) is 0.485. The number of ether oxygens (including phenoxy) is 3. The van der Waals surface area contributed by atoms with E-state index in [1.54, 1.807) is 26.3 Å². The molecule has 0 aromatic heterocycles. The zero-order valence-electron chi connectivity index (χ0n) is 12.5. The zero-order valence-corrected chi connectivity index (χ0v) is 12.5. The van der Waals surface area contributed by atoms with E-state index < -0.39 is 12.2 Å². The lowest BCUT2D eigenvalue weighted by Gasteiger charge is -2.24. The molecule has 7 heteroatoms. The second-order valence-electron chi connectivity index (χ2n) is 4.79. The van der Waals surface area contributed by atoms with Gasteiger partial charge in [0.25, 0.3) is 0 Å². The highest BCUT2D eigenvalue weighted by Crippen LogP contribution is 2.42. The highest BCUT2D eigenvalue weighted by Gasteiger charge is 2.39. The normalized spacial score (nSPS) is 22.2. The largest absolute Gasteiger partial charge is 0.504 e. The van der Waals surface area contributed by atoms with Gasteiger partial charge in [-0.2, -0.15) is 0 Å². The summed E-state index contributed by atoms with van der Waals surface area (Å²) in [6, 6.07) is 3.00. The third kappa shape index (κ3) is 2.62. The molecule has 1 aliphatic heterocycles. The molecule has 1 heterocycles. The van der Waals surface area contributed by atoms with Crippen molar-refractivity contribution in [1.82, 2.24) is 10.2 Å². The lowest BCUT2D eigenvalue weighted by Crippen LogP contribution is -2.34. The molecule has 0 spiro atoms. The zero-order chi connectivity index (χ0) is 15.6. The van der Waals surface area contributed by atoms with Gasteiger partial charge in [0.15, 0.2) is 11.5 Å². The van der Waals surface area contributed by atoms with Crippen molar-refractivity contribution in [3.8, 4) is 17.2 Å². The molecule has 1 fully saturated rings. The SMILES string of the molecule is COC[C@H]1C(=O)NC(c2ccc(OC)c(OC)c2O)N1C. The Morgan fingerprint density at radius 1 is 1.29 bits per heavy atom. The van der Waals surface area contributed by atoms with Crippen LogP contribution in [0, 0.1) is 0 Å². The van der Waals surface area contributed by atoms with Crippen LogP contribution in [0.5, 0.6) is 17.2 Å². The summed E-state index contributed by atoms with van der Waals surface area (Å²) in [5.74, 6) is 0.484. The molecule has 1 unspecified atom stereocenters. The van der Waals surface area contributed by atoms with Gasteiger partial charge in [-0.3, -0.25) is 9.69 Å². The Balaban J connectivity index is 2.37. The summed E-state index contributed by atoms with van der Waals surface area (Å²) in [6.07, 6.45) is -0.447. The third-order valence-corrected chi connectivity index (χ3v) is 3.65. The molecule has 0 radical (unpaired) electrons. The van der Waals surface area contributed by atoms with Crippen molar-refractivity contribution in [2.45, 2.75) is 12.2 Å². The van der Waals surface area contributed by atoms with Crippen molar-refractivity contribution in [3.63, 3.8) is 0 Å². The Labute approximate surface area is 123 Å². The van der Waals surface area contributed by atoms with Crippen LogP contribution < -0.4 is 14.8 Å². The summed E-state index contributed by atoms with van der Waals surface area (Å²) in [5, 5.41) is 13.2. The van der Waals surface area contributed by atoms with E-state index in [0.717, 1.165) is 0 Å². The number of carbonyl (C=O) groups excluding carboxylic acids is 1. The smallest absolute Gasteiger partial charge is 0.241 e. The molecule has 1 aliphatic rings. The minimum Gasteiger partial charge on any atom is -0.504 e. The second kappa shape index (κ2) is 6.19. The molecule has 21 heavy (non-hydrogen) atoms. The van der Waals surface area contributed by atoms with Crippen molar-refractivity contribution < 1.29 is 24.1 Å². The van der Waals surface area contributed by atoms with E-state index in [0.29, 0.717) is 11.3 Å². The Morgan fingerprint density at radius 2 is 2.00 bits per heavy atom. The second-order valence-corrected chi connectivity index (χ2v) is 4.79. The minimum atomic E-state index is -0.447. The number of carbonyl (C=O) groups is 1. The lowest BCUT2D eigenvalue weighted by molar-refractivity contribution is -0.122. The number of phenolic OH excluding ortho intramolecular Hbond substituents is 1. The summed E-state index contributed by atoms with van der Waals surface area (Å²) < 4.78 is 15.4. The van der Waals surface area contributed by atoms with Gasteiger partial charge in [-0.25, -0.2) is 0 Å². The van der Waals surface area contributed by atoms with Crippen molar-refractivity contribution in [2.24, 2.45) is 0 Å². The topological polar surface area (TPSA) is 80.3 Å². The molecule has 2 N–H and O–H groups in total. The van der Waals surface area contributed by atoms with E-state index in [4.69, 9.17) is 14.2 Å². The first-order valence-electron chi connectivity index (χ1n) is 6.50. The number of phenols is 1. The Morgan fingerprint density at radius 3 is 2.57 bits per heavy atom. The maximum absolute atomic E-state index is 12.0. The first-order valence-corrected chi connectivity index (χ1v) is 6.50. The molecule has 0 saturated carbocycles. The average Bonchev–Trinajstić information content (AvgIpc) is 2.75. The fourth-order valence-electron chi connectivity index (χ4n) is 2.49. The van der Waals surface area contributed by atoms with E-state index in [2.05, 4.69) is 5.32 Å². The standard InChI is InChI=1S/C14H20N2O5/c1-16-9(7-19-2)14(18)15-13(16)8-5-6-10(20-3)12(21-4)11(8)17/h5-6,9,13,17H,7H2,1-4H3,(H,15,18)/t9-,13?/m0/s1. The van der Waals surface area contributed by atoms with Gasteiger partial charge >= 0.3 is 0 Å². The highest BCUT2D eigenvalue weighted by molar-refractivity contribution is 5.84. The summed E-state index contributed by atoms with van der Waals surface area (Å²) in [6.45, 7) is 0.285. The van der Waals surface area contributed by atoms with E-state index in [1.807, 2.05) is 4.90 Å². The molecular formula is C14H20N2O5. The number of nitrogens with zero attached hydrogens (tertiary/aromatic N) is 1. The average molecular weight is 296 g/mol. The first kappa shape index (κ1) is 15.4. The van der Waals surface area contributed by atoms with Gasteiger partial charge in [0.05, 0.1) is 20.8 Å². The molecule has 1 aromatic carbocycles. The van der Waals surface area contributed by atoms with Crippen LogP contribution in [-0.2, 0) is 9.53 Å². The molecule has 7 nitrogen and oxygen atoms in total. The van der Waals surface area contributed by atoms with Gasteiger partial charge in [-0.1, -0.05) is 0 Å². The maximum Gasteiger partial charge on any atom is 0.241 e. The summed E-state index contributed by atoms with van der Waals surface area (Å²) in [5.41, 5.74) is 0.544. The molecule has 2 rings (SSSR count). The number of rotatable bonds is 5. The molecule has 2 atom stereocenters. The maximum atomic E-state index is 12.0. The number of hydrogen-bond donors (Lipinski definition) is 2. The van der Waals surface area contributed by atoms with Gasteiger partial charge in [0.1, 0.15) is 12.2 Å². The number of amides is 1. The highest BCUT2D eigenvalue weighted by atomic mass is 16.5. The molecular weight excluding hydrogens is 276 g/mol. The van der Waals surface area contributed by atoms with Crippen molar-refractivity contribution in [2.75, 3.05) is 35.0 Å². The number of likely N-dealkylation sites (N-methyl/N-ethyl adjacent to an activating group) is 1. The van der Waals surface area contributed by atoms with Crippen molar-refractivity contribution >= 4 is 5.91 Å². The fourth-order valence-corrected chi connectivity index (χ4v) is 2.49. The van der Waals surface area contributed by atoms with Gasteiger partial charge in [0.2, 0.25) is 11.7 Å². The lowest BCUT2D eigenvalue weighted by atomic mass is 10.1. The molecule has 1 saturated heterocycles. The van der Waals surface area contributed by atoms with Gasteiger partial charge in [-0.05, 0) is 19.2 Å². The van der Waals surface area contributed by atoms with Crippen LogP contribution in [0.1, 0.15) is 11.7 Å². The Hall–Kier alpha value is -1.99. The minimum absolute atomic E-state index is 0.0490. The van der Waals surface area contributed by atoms with Gasteiger partial charge < -0.3 is 24.6 Å². The van der Waals surface area contributed by atoms with Crippen LogP contribution in [0.3, 0.4) is 0 Å². The first-order chi connectivity index (χ1) is 10.0. The van der Waals surface area contributed by atoms with Crippen LogP contribution >= 0.6 is 0 Å². The van der Waals surface area contributed by atoms with Crippen molar-refractivity contribution in [3.05, 3.63) is 17.7 Å². The molecule has 0 aliphatic carbocycles. The number of aromatic hydroxyl groups is 1. The van der Waals surface area contributed by atoms with E-state index in [1.165, 1.54) is 14.2 Å². The van der Waals surface area contributed by atoms with E-state index >= 15 is 0 Å². The number of nitrogens with one attached hydrogen (secondary N) is 1. The number of hydrogen-bond acceptors (Lipinski definition) is 6. The van der Waals surface area contributed by atoms with Crippen molar-refractivity contribution in [1.29, 1.82) is 0 Å². The molecule has 116 valence electrons. The Bertz CT molecular complexity index is 534. The van der Waals surface area contributed by atoms with E-state index in [9.17, 15) is 9.90 Å². The fraction of sp³-hybridized carbons (Fsp3) is 0.500. The van der Waals surface area contributed by atoms with Crippen LogP contribution in [0.2, 0.25) is 0 Å².